The Morgan fingerprint density at radius 1 is 1.26 bits per heavy atom. The van der Waals surface area contributed by atoms with Crippen LogP contribution in [0.1, 0.15) is 5.82 Å². The van der Waals surface area contributed by atoms with Crippen LogP contribution in [0.4, 0.5) is 11.5 Å². The summed E-state index contributed by atoms with van der Waals surface area (Å²) in [4.78, 5) is 4.52. The lowest BCUT2D eigenvalue weighted by atomic mass is 10.2. The quantitative estimate of drug-likeness (QED) is 0.693. The highest BCUT2D eigenvalue weighted by Crippen LogP contribution is 2.18. The summed E-state index contributed by atoms with van der Waals surface area (Å²) in [7, 11) is 1.91. The van der Waals surface area contributed by atoms with E-state index in [0.29, 0.717) is 6.54 Å². The third kappa shape index (κ3) is 2.33. The molecule has 0 aliphatic carbocycles. The minimum absolute atomic E-state index is 0.587. The fraction of sp³-hybridized carbons (Fsp3) is 0.154. The number of rotatable bonds is 3. The van der Waals surface area contributed by atoms with Crippen molar-refractivity contribution in [3.63, 3.8) is 0 Å². The van der Waals surface area contributed by atoms with Gasteiger partial charge in [0.15, 0.2) is 5.82 Å². The normalized spacial score (nSPS) is 10.8. The second-order valence-corrected chi connectivity index (χ2v) is 4.36. The predicted molar refractivity (Wildman–Crippen MR) is 74.5 cm³/mol. The number of nitrogens with two attached hydrogens (primary N) is 1. The lowest BCUT2D eigenvalue weighted by molar-refractivity contribution is 0.810. The van der Waals surface area contributed by atoms with Crippen molar-refractivity contribution in [1.29, 1.82) is 0 Å². The monoisotopic (exact) mass is 254 g/mol. The summed E-state index contributed by atoms with van der Waals surface area (Å²) in [6.45, 7) is 0.587. The number of aromatic nitrogens is 4. The first kappa shape index (κ1) is 11.5. The summed E-state index contributed by atoms with van der Waals surface area (Å²) in [5, 5.41) is 12.1. The van der Waals surface area contributed by atoms with Crippen molar-refractivity contribution >= 4 is 22.4 Å². The van der Waals surface area contributed by atoms with Crippen LogP contribution in [0.25, 0.3) is 10.9 Å². The Kier molecular flexibility index (Phi) is 2.75. The molecule has 0 atom stereocenters. The zero-order valence-electron chi connectivity index (χ0n) is 10.5. The summed E-state index contributed by atoms with van der Waals surface area (Å²) in [6.07, 6.45) is 1.67. The van der Waals surface area contributed by atoms with Crippen LogP contribution in [0.2, 0.25) is 0 Å². The molecule has 0 unspecified atom stereocenters. The van der Waals surface area contributed by atoms with Gasteiger partial charge in [-0.05, 0) is 30.3 Å². The van der Waals surface area contributed by atoms with Crippen molar-refractivity contribution in [2.24, 2.45) is 7.05 Å². The van der Waals surface area contributed by atoms with Crippen molar-refractivity contribution in [2.45, 2.75) is 6.54 Å². The standard InChI is InChI=1S/C13H14N6/c1-19-8-16-18-13(19)7-15-12-5-2-9-6-10(14)3-4-11(9)17-12/h2-6,8H,7,14H2,1H3,(H,15,17). The molecule has 0 saturated carbocycles. The van der Waals surface area contributed by atoms with Gasteiger partial charge in [-0.25, -0.2) is 4.98 Å². The Hall–Kier alpha value is -2.63. The van der Waals surface area contributed by atoms with E-state index in [9.17, 15) is 0 Å². The van der Waals surface area contributed by atoms with E-state index in [4.69, 9.17) is 5.73 Å². The third-order valence-corrected chi connectivity index (χ3v) is 2.95. The van der Waals surface area contributed by atoms with E-state index in [2.05, 4.69) is 20.5 Å². The van der Waals surface area contributed by atoms with Gasteiger partial charge in [-0.15, -0.1) is 10.2 Å². The van der Waals surface area contributed by atoms with E-state index in [1.807, 2.05) is 41.9 Å². The SMILES string of the molecule is Cn1cnnc1CNc1ccc2cc(N)ccc2n1. The van der Waals surface area contributed by atoms with Crippen LogP contribution in [-0.2, 0) is 13.6 Å². The number of nitrogens with zero attached hydrogens (tertiary/aromatic N) is 4. The lowest BCUT2D eigenvalue weighted by Crippen LogP contribution is -2.06. The molecule has 6 nitrogen and oxygen atoms in total. The fourth-order valence-electron chi connectivity index (χ4n) is 1.88. The van der Waals surface area contributed by atoms with E-state index >= 15 is 0 Å². The summed E-state index contributed by atoms with van der Waals surface area (Å²) in [5.41, 5.74) is 7.40. The molecule has 2 aromatic heterocycles. The van der Waals surface area contributed by atoms with Crippen molar-refractivity contribution in [3.8, 4) is 0 Å². The summed E-state index contributed by atoms with van der Waals surface area (Å²) in [5.74, 6) is 1.67. The second kappa shape index (κ2) is 4.56. The van der Waals surface area contributed by atoms with Crippen LogP contribution in [0.5, 0.6) is 0 Å². The van der Waals surface area contributed by atoms with Crippen molar-refractivity contribution in [3.05, 3.63) is 42.5 Å². The average Bonchev–Trinajstić information content (AvgIpc) is 2.82. The van der Waals surface area contributed by atoms with E-state index in [1.54, 1.807) is 6.33 Å². The van der Waals surface area contributed by atoms with Crippen LogP contribution >= 0.6 is 0 Å². The van der Waals surface area contributed by atoms with Gasteiger partial charge >= 0.3 is 0 Å². The molecule has 3 aromatic rings. The van der Waals surface area contributed by atoms with Crippen LogP contribution in [0.3, 0.4) is 0 Å². The van der Waals surface area contributed by atoms with Gasteiger partial charge in [0, 0.05) is 18.1 Å². The van der Waals surface area contributed by atoms with Gasteiger partial charge < -0.3 is 15.6 Å². The fourth-order valence-corrected chi connectivity index (χ4v) is 1.88. The number of nitrogen functional groups attached to an aromatic ring is 1. The molecule has 19 heavy (non-hydrogen) atoms. The maximum atomic E-state index is 5.74. The molecule has 3 rings (SSSR count). The molecule has 0 radical (unpaired) electrons. The first-order valence-electron chi connectivity index (χ1n) is 5.95. The van der Waals surface area contributed by atoms with Gasteiger partial charge in [0.1, 0.15) is 12.1 Å². The van der Waals surface area contributed by atoms with Crippen molar-refractivity contribution in [2.75, 3.05) is 11.1 Å². The summed E-state index contributed by atoms with van der Waals surface area (Å²) in [6, 6.07) is 9.60. The largest absolute Gasteiger partial charge is 0.399 e. The molecule has 96 valence electrons. The van der Waals surface area contributed by atoms with Crippen LogP contribution in [0, 0.1) is 0 Å². The van der Waals surface area contributed by atoms with Gasteiger partial charge in [-0.1, -0.05) is 0 Å². The molecule has 0 saturated heterocycles. The van der Waals surface area contributed by atoms with E-state index in [-0.39, 0.29) is 0 Å². The molecular weight excluding hydrogens is 240 g/mol. The van der Waals surface area contributed by atoms with Gasteiger partial charge in [0.25, 0.3) is 0 Å². The number of nitrogens with one attached hydrogen (secondary N) is 1. The Labute approximate surface area is 110 Å². The second-order valence-electron chi connectivity index (χ2n) is 4.36. The molecule has 0 aliphatic heterocycles. The Bertz CT molecular complexity index is 718. The van der Waals surface area contributed by atoms with Crippen LogP contribution in [0.15, 0.2) is 36.7 Å². The summed E-state index contributed by atoms with van der Waals surface area (Å²) >= 11 is 0. The molecule has 0 bridgehead atoms. The molecule has 6 heteroatoms. The molecule has 0 aliphatic rings. The molecule has 0 fully saturated rings. The van der Waals surface area contributed by atoms with Crippen molar-refractivity contribution in [1.82, 2.24) is 19.7 Å². The minimum atomic E-state index is 0.587. The zero-order valence-corrected chi connectivity index (χ0v) is 10.5. The number of hydrogen-bond acceptors (Lipinski definition) is 5. The van der Waals surface area contributed by atoms with Gasteiger partial charge in [0.2, 0.25) is 0 Å². The number of aryl methyl sites for hydroxylation is 1. The molecule has 3 N–H and O–H groups in total. The first-order chi connectivity index (χ1) is 9.22. The Balaban J connectivity index is 1.82. The smallest absolute Gasteiger partial charge is 0.151 e. The lowest BCUT2D eigenvalue weighted by Gasteiger charge is -2.06. The molecule has 0 amide bonds. The number of anilines is 2. The molecular formula is C13H14N6. The molecule has 1 aromatic carbocycles. The number of fused-ring (bicyclic) bond motifs is 1. The number of pyridine rings is 1. The minimum Gasteiger partial charge on any atom is -0.399 e. The predicted octanol–water partition coefficient (Wildman–Crippen LogP) is 1.56. The van der Waals surface area contributed by atoms with E-state index in [1.165, 1.54) is 0 Å². The molecule has 2 heterocycles. The van der Waals surface area contributed by atoms with E-state index in [0.717, 1.165) is 28.2 Å². The molecule has 0 spiro atoms. The number of benzene rings is 1. The summed E-state index contributed by atoms with van der Waals surface area (Å²) < 4.78 is 1.87. The average molecular weight is 254 g/mol. The third-order valence-electron chi connectivity index (χ3n) is 2.95. The van der Waals surface area contributed by atoms with Gasteiger partial charge in [0.05, 0.1) is 12.1 Å². The van der Waals surface area contributed by atoms with Gasteiger partial charge in [-0.2, -0.15) is 0 Å². The highest BCUT2D eigenvalue weighted by molar-refractivity contribution is 5.83. The maximum absolute atomic E-state index is 5.74. The maximum Gasteiger partial charge on any atom is 0.151 e. The zero-order chi connectivity index (χ0) is 13.2. The van der Waals surface area contributed by atoms with Crippen LogP contribution in [-0.4, -0.2) is 19.7 Å². The van der Waals surface area contributed by atoms with Crippen molar-refractivity contribution < 1.29 is 0 Å². The number of hydrogen-bond donors (Lipinski definition) is 2. The first-order valence-corrected chi connectivity index (χ1v) is 5.95. The Morgan fingerprint density at radius 2 is 2.16 bits per heavy atom. The highest BCUT2D eigenvalue weighted by atomic mass is 15.3. The van der Waals surface area contributed by atoms with E-state index < -0.39 is 0 Å². The highest BCUT2D eigenvalue weighted by Gasteiger charge is 2.02. The topological polar surface area (TPSA) is 81.7 Å². The van der Waals surface area contributed by atoms with Gasteiger partial charge in [-0.3, -0.25) is 0 Å². The van der Waals surface area contributed by atoms with Crippen LogP contribution < -0.4 is 11.1 Å². The Morgan fingerprint density at radius 3 is 2.95 bits per heavy atom.